The van der Waals surface area contributed by atoms with Gasteiger partial charge in [-0.05, 0) is 37.0 Å². The van der Waals surface area contributed by atoms with Gasteiger partial charge in [0.25, 0.3) is 0 Å². The van der Waals surface area contributed by atoms with Crippen LogP contribution in [0.2, 0.25) is 0 Å². The smallest absolute Gasteiger partial charge is 0.239 e. The van der Waals surface area contributed by atoms with Crippen molar-refractivity contribution in [1.82, 2.24) is 10.6 Å². The third-order valence-electron chi connectivity index (χ3n) is 5.21. The van der Waals surface area contributed by atoms with Gasteiger partial charge >= 0.3 is 0 Å². The first-order chi connectivity index (χ1) is 12.6. The predicted octanol–water partition coefficient (Wildman–Crippen LogP) is 2.13. The van der Waals surface area contributed by atoms with Crippen molar-refractivity contribution in [3.8, 4) is 0 Å². The number of nitrogens with zero attached hydrogens (tertiary/aromatic N) is 1. The first kappa shape index (κ1) is 18.4. The van der Waals surface area contributed by atoms with E-state index in [1.165, 1.54) is 6.42 Å². The van der Waals surface area contributed by atoms with E-state index in [-0.39, 0.29) is 30.2 Å². The summed E-state index contributed by atoms with van der Waals surface area (Å²) in [5.41, 5.74) is 1.87. The Morgan fingerprint density at radius 2 is 1.73 bits per heavy atom. The summed E-state index contributed by atoms with van der Waals surface area (Å²) in [6.07, 6.45) is 6.79. The maximum Gasteiger partial charge on any atom is 0.239 e. The topological polar surface area (TPSA) is 78.5 Å². The first-order valence-corrected chi connectivity index (χ1v) is 9.57. The lowest BCUT2D eigenvalue weighted by Gasteiger charge is -2.20. The van der Waals surface area contributed by atoms with Gasteiger partial charge in [-0.25, -0.2) is 0 Å². The van der Waals surface area contributed by atoms with Crippen LogP contribution >= 0.6 is 0 Å². The van der Waals surface area contributed by atoms with E-state index in [1.54, 1.807) is 4.90 Å². The lowest BCUT2D eigenvalue weighted by atomic mass is 9.89. The maximum absolute atomic E-state index is 12.0. The Morgan fingerprint density at radius 3 is 2.38 bits per heavy atom. The lowest BCUT2D eigenvalue weighted by molar-refractivity contribution is -0.129. The van der Waals surface area contributed by atoms with E-state index in [2.05, 4.69) is 10.6 Å². The largest absolute Gasteiger partial charge is 0.350 e. The van der Waals surface area contributed by atoms with Crippen LogP contribution in [-0.4, -0.2) is 30.8 Å². The Kier molecular flexibility index (Phi) is 6.26. The molecule has 1 aromatic rings. The minimum absolute atomic E-state index is 0.000478. The van der Waals surface area contributed by atoms with E-state index in [0.29, 0.717) is 13.0 Å². The van der Waals surface area contributed by atoms with E-state index >= 15 is 0 Å². The quantitative estimate of drug-likeness (QED) is 0.819. The molecule has 2 aliphatic rings. The van der Waals surface area contributed by atoms with Gasteiger partial charge in [0.15, 0.2) is 0 Å². The molecule has 0 aromatic heterocycles. The maximum atomic E-state index is 12.0. The molecule has 0 atom stereocenters. The van der Waals surface area contributed by atoms with Crippen LogP contribution in [0.4, 0.5) is 5.69 Å². The average Bonchev–Trinajstić information content (AvgIpc) is 3.11. The van der Waals surface area contributed by atoms with Gasteiger partial charge in [0.1, 0.15) is 0 Å². The highest BCUT2D eigenvalue weighted by atomic mass is 16.2. The van der Waals surface area contributed by atoms with E-state index < -0.39 is 0 Å². The summed E-state index contributed by atoms with van der Waals surface area (Å²) in [5, 5.41) is 5.57. The molecule has 3 rings (SSSR count). The normalized spacial score (nSPS) is 18.0. The van der Waals surface area contributed by atoms with E-state index in [9.17, 15) is 14.4 Å². The first-order valence-electron chi connectivity index (χ1n) is 9.57. The number of amides is 3. The molecule has 0 unspecified atom stereocenters. The van der Waals surface area contributed by atoms with Gasteiger partial charge in [0.05, 0.1) is 6.54 Å². The molecule has 1 aliphatic heterocycles. The van der Waals surface area contributed by atoms with Crippen LogP contribution in [-0.2, 0) is 20.9 Å². The van der Waals surface area contributed by atoms with Crippen molar-refractivity contribution in [2.24, 2.45) is 5.92 Å². The van der Waals surface area contributed by atoms with Crippen molar-refractivity contribution < 1.29 is 14.4 Å². The monoisotopic (exact) mass is 357 g/mol. The molecule has 0 spiro atoms. The molecule has 2 N–H and O–H groups in total. The molecule has 0 radical (unpaired) electrons. The molecule has 1 saturated heterocycles. The summed E-state index contributed by atoms with van der Waals surface area (Å²) >= 11 is 0. The third kappa shape index (κ3) is 4.84. The van der Waals surface area contributed by atoms with Crippen LogP contribution in [0.3, 0.4) is 0 Å². The molecule has 0 bridgehead atoms. The number of benzene rings is 1. The van der Waals surface area contributed by atoms with Gasteiger partial charge in [0, 0.05) is 31.1 Å². The van der Waals surface area contributed by atoms with Crippen molar-refractivity contribution in [3.63, 3.8) is 0 Å². The van der Waals surface area contributed by atoms with Crippen molar-refractivity contribution in [3.05, 3.63) is 29.8 Å². The van der Waals surface area contributed by atoms with Gasteiger partial charge < -0.3 is 15.5 Å². The molecular formula is C20H27N3O3. The number of hydrogen-bond acceptors (Lipinski definition) is 3. The van der Waals surface area contributed by atoms with Crippen LogP contribution in [0.5, 0.6) is 0 Å². The second-order valence-electron chi connectivity index (χ2n) is 7.14. The highest BCUT2D eigenvalue weighted by molar-refractivity contribution is 5.95. The van der Waals surface area contributed by atoms with Crippen LogP contribution in [0, 0.1) is 5.92 Å². The zero-order chi connectivity index (χ0) is 18.4. The summed E-state index contributed by atoms with van der Waals surface area (Å²) in [7, 11) is 0. The van der Waals surface area contributed by atoms with Gasteiger partial charge in [-0.1, -0.05) is 31.4 Å². The van der Waals surface area contributed by atoms with Crippen LogP contribution < -0.4 is 15.5 Å². The standard InChI is InChI=1S/C20H27N3O3/c24-18(14-22-20(26)16-5-2-1-3-6-16)21-13-15-8-10-17(11-9-15)23-12-4-7-19(23)25/h8-11,16H,1-7,12-14H2,(H,21,24)(H,22,26). The minimum Gasteiger partial charge on any atom is -0.350 e. The van der Waals surface area contributed by atoms with Crippen LogP contribution in [0.15, 0.2) is 24.3 Å². The van der Waals surface area contributed by atoms with Crippen molar-refractivity contribution in [2.45, 2.75) is 51.5 Å². The Bertz CT molecular complexity index is 651. The molecule has 1 saturated carbocycles. The molecule has 1 heterocycles. The second-order valence-corrected chi connectivity index (χ2v) is 7.14. The Morgan fingerprint density at radius 1 is 1.00 bits per heavy atom. The molecule has 2 fully saturated rings. The van der Waals surface area contributed by atoms with Gasteiger partial charge in [-0.15, -0.1) is 0 Å². The molecule has 1 aliphatic carbocycles. The number of rotatable bonds is 6. The molecule has 26 heavy (non-hydrogen) atoms. The SMILES string of the molecule is O=C(CNC(=O)C1CCCCC1)NCc1ccc(N2CCCC2=O)cc1. The summed E-state index contributed by atoms with van der Waals surface area (Å²) in [6, 6.07) is 7.66. The molecule has 6 nitrogen and oxygen atoms in total. The number of nitrogens with one attached hydrogen (secondary N) is 2. The molecular weight excluding hydrogens is 330 g/mol. The van der Waals surface area contributed by atoms with E-state index in [1.807, 2.05) is 24.3 Å². The summed E-state index contributed by atoms with van der Waals surface area (Å²) in [4.78, 5) is 37.5. The predicted molar refractivity (Wildman–Crippen MR) is 99.5 cm³/mol. The highest BCUT2D eigenvalue weighted by Gasteiger charge is 2.22. The lowest BCUT2D eigenvalue weighted by Crippen LogP contribution is -2.39. The Hall–Kier alpha value is -2.37. The summed E-state index contributed by atoms with van der Waals surface area (Å²) in [5.74, 6) is 0.0459. The average molecular weight is 357 g/mol. The fraction of sp³-hybridized carbons (Fsp3) is 0.550. The highest BCUT2D eigenvalue weighted by Crippen LogP contribution is 2.23. The van der Waals surface area contributed by atoms with E-state index in [4.69, 9.17) is 0 Å². The minimum atomic E-state index is -0.187. The van der Waals surface area contributed by atoms with Gasteiger partial charge in [-0.2, -0.15) is 0 Å². The Labute approximate surface area is 154 Å². The van der Waals surface area contributed by atoms with Crippen molar-refractivity contribution >= 4 is 23.4 Å². The zero-order valence-electron chi connectivity index (χ0n) is 15.1. The molecule has 3 amide bonds. The Balaban J connectivity index is 1.40. The molecule has 1 aromatic carbocycles. The number of carbonyl (C=O) groups excluding carboxylic acids is 3. The number of anilines is 1. The van der Waals surface area contributed by atoms with E-state index in [0.717, 1.165) is 49.9 Å². The molecule has 140 valence electrons. The zero-order valence-corrected chi connectivity index (χ0v) is 15.1. The fourth-order valence-corrected chi connectivity index (χ4v) is 3.65. The van der Waals surface area contributed by atoms with Crippen LogP contribution in [0.1, 0.15) is 50.5 Å². The van der Waals surface area contributed by atoms with Crippen LogP contribution in [0.25, 0.3) is 0 Å². The van der Waals surface area contributed by atoms with Crippen molar-refractivity contribution in [2.75, 3.05) is 18.0 Å². The third-order valence-corrected chi connectivity index (χ3v) is 5.21. The summed E-state index contributed by atoms with van der Waals surface area (Å²) < 4.78 is 0. The summed E-state index contributed by atoms with van der Waals surface area (Å²) in [6.45, 7) is 1.21. The van der Waals surface area contributed by atoms with Crippen molar-refractivity contribution in [1.29, 1.82) is 0 Å². The van der Waals surface area contributed by atoms with Gasteiger partial charge in [-0.3, -0.25) is 14.4 Å². The fourth-order valence-electron chi connectivity index (χ4n) is 3.65. The number of carbonyl (C=O) groups is 3. The molecule has 6 heteroatoms. The second kappa shape index (κ2) is 8.83. The number of hydrogen-bond donors (Lipinski definition) is 2. The van der Waals surface area contributed by atoms with Gasteiger partial charge in [0.2, 0.25) is 17.7 Å².